The van der Waals surface area contributed by atoms with Crippen LogP contribution in [-0.4, -0.2) is 37.7 Å². The van der Waals surface area contributed by atoms with E-state index < -0.39 is 57.0 Å². The second kappa shape index (κ2) is 6.47. The molecule has 0 N–H and O–H groups in total. The zero-order valence-electron chi connectivity index (χ0n) is 13.0. The standard InChI is InChI=1S/C15H18F3NO4S/c1-24(22,23)12-6-9(15(16,17)18)4-5-10(12)14(21)11(7-19)13(20)8-2-3-8/h8-12H,2-6H2,1H3. The summed E-state index contributed by atoms with van der Waals surface area (Å²) < 4.78 is 62.6. The van der Waals surface area contributed by atoms with Crippen LogP contribution in [0.3, 0.4) is 0 Å². The molecule has 0 spiro atoms. The number of sulfone groups is 1. The molecule has 2 saturated carbocycles. The van der Waals surface area contributed by atoms with E-state index in [9.17, 15) is 31.2 Å². The first-order valence-corrected chi connectivity index (χ1v) is 9.65. The van der Waals surface area contributed by atoms with Crippen LogP contribution < -0.4 is 0 Å². The third kappa shape index (κ3) is 3.97. The van der Waals surface area contributed by atoms with Gasteiger partial charge in [-0.3, -0.25) is 9.59 Å². The molecule has 0 bridgehead atoms. The summed E-state index contributed by atoms with van der Waals surface area (Å²) in [5.41, 5.74) is 0. The minimum atomic E-state index is -4.53. The third-order valence-corrected chi connectivity index (χ3v) is 6.47. The van der Waals surface area contributed by atoms with E-state index >= 15 is 0 Å². The van der Waals surface area contributed by atoms with Gasteiger partial charge in [0.1, 0.15) is 0 Å². The van der Waals surface area contributed by atoms with Gasteiger partial charge in [0.15, 0.2) is 27.3 Å². The van der Waals surface area contributed by atoms with Crippen molar-refractivity contribution < 1.29 is 31.2 Å². The summed E-state index contributed by atoms with van der Waals surface area (Å²) in [6, 6.07) is 1.62. The number of carbonyl (C=O) groups is 2. The zero-order valence-corrected chi connectivity index (χ0v) is 13.9. The number of halogens is 3. The Morgan fingerprint density at radius 2 is 1.71 bits per heavy atom. The Bertz CT molecular complexity index is 676. The maximum atomic E-state index is 12.9. The Balaban J connectivity index is 2.25. The summed E-state index contributed by atoms with van der Waals surface area (Å²) in [6.07, 6.45) is -3.93. The monoisotopic (exact) mass is 365 g/mol. The molecule has 2 rings (SSSR count). The van der Waals surface area contributed by atoms with Gasteiger partial charge in [0.05, 0.1) is 17.2 Å². The van der Waals surface area contributed by atoms with Crippen molar-refractivity contribution in [3.63, 3.8) is 0 Å². The minimum Gasteiger partial charge on any atom is -0.297 e. The van der Waals surface area contributed by atoms with E-state index in [1.807, 2.05) is 0 Å². The zero-order chi connectivity index (χ0) is 18.3. The number of hydrogen-bond donors (Lipinski definition) is 0. The molecule has 0 amide bonds. The van der Waals surface area contributed by atoms with Gasteiger partial charge in [0.25, 0.3) is 0 Å². The lowest BCUT2D eigenvalue weighted by Crippen LogP contribution is -2.46. The normalized spacial score (nSPS) is 29.5. The SMILES string of the molecule is CS(=O)(=O)C1CC(C(F)(F)F)CCC1C(=O)C(C#N)C(=O)C1CC1. The van der Waals surface area contributed by atoms with Gasteiger partial charge in [-0.15, -0.1) is 0 Å². The second-order valence-corrected chi connectivity index (χ2v) is 8.93. The van der Waals surface area contributed by atoms with E-state index in [4.69, 9.17) is 5.26 Å². The Morgan fingerprint density at radius 3 is 2.12 bits per heavy atom. The van der Waals surface area contributed by atoms with E-state index in [1.165, 1.54) is 0 Å². The van der Waals surface area contributed by atoms with Crippen LogP contribution in [0.2, 0.25) is 0 Å². The highest BCUT2D eigenvalue weighted by Gasteiger charge is 2.51. The number of ketones is 2. The van der Waals surface area contributed by atoms with Gasteiger partial charge in [-0.1, -0.05) is 0 Å². The molecule has 2 aliphatic carbocycles. The summed E-state index contributed by atoms with van der Waals surface area (Å²) >= 11 is 0. The molecule has 9 heteroatoms. The first-order valence-electron chi connectivity index (χ1n) is 7.69. The van der Waals surface area contributed by atoms with Crippen LogP contribution in [0.25, 0.3) is 0 Å². The molecule has 4 atom stereocenters. The number of nitrogens with zero attached hydrogens (tertiary/aromatic N) is 1. The van der Waals surface area contributed by atoms with E-state index in [0.717, 1.165) is 6.26 Å². The van der Waals surface area contributed by atoms with Crippen molar-refractivity contribution in [2.45, 2.75) is 43.5 Å². The molecule has 0 aromatic carbocycles. The van der Waals surface area contributed by atoms with Gasteiger partial charge in [-0.2, -0.15) is 18.4 Å². The number of rotatable bonds is 5. The molecule has 0 radical (unpaired) electrons. The first kappa shape index (κ1) is 18.9. The van der Waals surface area contributed by atoms with Gasteiger partial charge >= 0.3 is 6.18 Å². The molecule has 2 aliphatic rings. The molecular weight excluding hydrogens is 347 g/mol. The molecule has 2 fully saturated rings. The number of carbonyl (C=O) groups excluding carboxylic acids is 2. The van der Waals surface area contributed by atoms with Gasteiger partial charge in [0.2, 0.25) is 0 Å². The maximum absolute atomic E-state index is 12.9. The van der Waals surface area contributed by atoms with Crippen molar-refractivity contribution in [1.82, 2.24) is 0 Å². The molecular formula is C15H18F3NO4S. The largest absolute Gasteiger partial charge is 0.391 e. The highest BCUT2D eigenvalue weighted by Crippen LogP contribution is 2.43. The van der Waals surface area contributed by atoms with Crippen molar-refractivity contribution in [1.29, 1.82) is 5.26 Å². The summed E-state index contributed by atoms with van der Waals surface area (Å²) in [5.74, 6) is -6.33. The molecule has 0 aliphatic heterocycles. The van der Waals surface area contributed by atoms with Crippen molar-refractivity contribution in [3.8, 4) is 6.07 Å². The quantitative estimate of drug-likeness (QED) is 0.696. The molecule has 4 unspecified atom stereocenters. The summed E-state index contributed by atoms with van der Waals surface area (Å²) in [6.45, 7) is 0. The smallest absolute Gasteiger partial charge is 0.297 e. The fourth-order valence-electron chi connectivity index (χ4n) is 3.31. The van der Waals surface area contributed by atoms with Gasteiger partial charge in [-0.05, 0) is 32.1 Å². The lowest BCUT2D eigenvalue weighted by atomic mass is 9.75. The number of nitriles is 1. The molecule has 0 aromatic heterocycles. The predicted octanol–water partition coefficient (Wildman–Crippen LogP) is 2.07. The van der Waals surface area contributed by atoms with Crippen molar-refractivity contribution >= 4 is 21.4 Å². The molecule has 0 heterocycles. The Hall–Kier alpha value is -1.43. The summed E-state index contributed by atoms with van der Waals surface area (Å²) in [5, 5.41) is 7.62. The van der Waals surface area contributed by atoms with Crippen LogP contribution in [0.4, 0.5) is 13.2 Å². The van der Waals surface area contributed by atoms with E-state index in [2.05, 4.69) is 0 Å². The maximum Gasteiger partial charge on any atom is 0.391 e. The molecule has 24 heavy (non-hydrogen) atoms. The number of Topliss-reactive ketones (excluding diaryl/α,β-unsaturated/α-hetero) is 2. The first-order chi connectivity index (χ1) is 11.0. The average molecular weight is 365 g/mol. The lowest BCUT2D eigenvalue weighted by molar-refractivity contribution is -0.184. The fourth-order valence-corrected chi connectivity index (χ4v) is 4.76. The van der Waals surface area contributed by atoms with Gasteiger partial charge < -0.3 is 0 Å². The van der Waals surface area contributed by atoms with E-state index in [1.54, 1.807) is 6.07 Å². The summed E-state index contributed by atoms with van der Waals surface area (Å²) in [7, 11) is -3.93. The van der Waals surface area contributed by atoms with Crippen LogP contribution in [0.1, 0.15) is 32.1 Å². The molecule has 134 valence electrons. The Labute approximate surface area is 138 Å². The van der Waals surface area contributed by atoms with Crippen molar-refractivity contribution in [2.24, 2.45) is 23.7 Å². The lowest BCUT2D eigenvalue weighted by Gasteiger charge is -2.35. The van der Waals surface area contributed by atoms with E-state index in [0.29, 0.717) is 12.8 Å². The number of hydrogen-bond acceptors (Lipinski definition) is 5. The summed E-state index contributed by atoms with van der Waals surface area (Å²) in [4.78, 5) is 24.6. The predicted molar refractivity (Wildman–Crippen MR) is 77.4 cm³/mol. The second-order valence-electron chi connectivity index (χ2n) is 6.67. The minimum absolute atomic E-state index is 0.281. The van der Waals surface area contributed by atoms with Crippen LogP contribution in [0.5, 0.6) is 0 Å². The van der Waals surface area contributed by atoms with Gasteiger partial charge in [-0.25, -0.2) is 8.42 Å². The highest BCUT2D eigenvalue weighted by atomic mass is 32.2. The molecule has 5 nitrogen and oxygen atoms in total. The third-order valence-electron chi connectivity index (χ3n) is 4.85. The molecule has 0 saturated heterocycles. The topological polar surface area (TPSA) is 92.1 Å². The fraction of sp³-hybridized carbons (Fsp3) is 0.800. The van der Waals surface area contributed by atoms with Crippen LogP contribution in [0.15, 0.2) is 0 Å². The Kier molecular flexibility index (Phi) is 5.09. The van der Waals surface area contributed by atoms with Gasteiger partial charge in [0, 0.05) is 18.1 Å². The van der Waals surface area contributed by atoms with Crippen molar-refractivity contribution in [3.05, 3.63) is 0 Å². The van der Waals surface area contributed by atoms with Crippen LogP contribution in [-0.2, 0) is 19.4 Å². The van der Waals surface area contributed by atoms with Crippen LogP contribution >= 0.6 is 0 Å². The number of alkyl halides is 3. The molecule has 0 aromatic rings. The highest BCUT2D eigenvalue weighted by molar-refractivity contribution is 7.91. The average Bonchev–Trinajstić information content (AvgIpc) is 3.29. The van der Waals surface area contributed by atoms with Crippen molar-refractivity contribution in [2.75, 3.05) is 6.26 Å². The van der Waals surface area contributed by atoms with Crippen LogP contribution in [0, 0.1) is 35.0 Å². The van der Waals surface area contributed by atoms with E-state index in [-0.39, 0.29) is 18.8 Å². The Morgan fingerprint density at radius 1 is 1.12 bits per heavy atom.